The molecule has 0 unspecified atom stereocenters. The predicted octanol–water partition coefficient (Wildman–Crippen LogP) is 1.66. The number of carboxylic acid groups (broad SMARTS) is 1. The van der Waals surface area contributed by atoms with Crippen LogP contribution in [0.15, 0.2) is 11.5 Å². The van der Waals surface area contributed by atoms with Crippen molar-refractivity contribution in [3.05, 3.63) is 11.5 Å². The molecule has 0 aliphatic carbocycles. The second kappa shape index (κ2) is 8.62. The number of rotatable bonds is 7. The van der Waals surface area contributed by atoms with E-state index in [4.69, 9.17) is 5.11 Å². The first kappa shape index (κ1) is 13.0. The summed E-state index contributed by atoms with van der Waals surface area (Å²) in [6.07, 6.45) is 2.11. The van der Waals surface area contributed by atoms with Crippen LogP contribution in [-0.2, 0) is 14.3 Å². The number of hydrogen-bond donors (Lipinski definition) is 1. The third kappa shape index (κ3) is 9.12. The third-order valence-electron chi connectivity index (χ3n) is 1.24. The standard InChI is InChI=1S/C9H14O4S/c1-2-13-9(12)5-7-14-6-3-4-8(10)11/h5,7H,2-4,6H2,1H3,(H,10,11)/b7-5+. The van der Waals surface area contributed by atoms with Gasteiger partial charge in [0.15, 0.2) is 0 Å². The molecular weight excluding hydrogens is 204 g/mol. The highest BCUT2D eigenvalue weighted by molar-refractivity contribution is 8.02. The summed E-state index contributed by atoms with van der Waals surface area (Å²) in [6.45, 7) is 2.11. The lowest BCUT2D eigenvalue weighted by atomic mass is 10.3. The smallest absolute Gasteiger partial charge is 0.331 e. The second-order valence-electron chi connectivity index (χ2n) is 2.42. The van der Waals surface area contributed by atoms with Crippen LogP contribution in [0.1, 0.15) is 19.8 Å². The average molecular weight is 218 g/mol. The van der Waals surface area contributed by atoms with Crippen molar-refractivity contribution in [2.24, 2.45) is 0 Å². The van der Waals surface area contributed by atoms with Gasteiger partial charge in [-0.25, -0.2) is 4.79 Å². The Kier molecular flexibility index (Phi) is 8.02. The highest BCUT2D eigenvalue weighted by Crippen LogP contribution is 2.06. The summed E-state index contributed by atoms with van der Waals surface area (Å²) in [5.41, 5.74) is 0. The van der Waals surface area contributed by atoms with E-state index in [-0.39, 0.29) is 12.4 Å². The van der Waals surface area contributed by atoms with Gasteiger partial charge in [0.2, 0.25) is 0 Å². The lowest BCUT2D eigenvalue weighted by molar-refractivity contribution is -0.138. The van der Waals surface area contributed by atoms with Crippen molar-refractivity contribution in [2.45, 2.75) is 19.8 Å². The Bertz CT molecular complexity index is 213. The van der Waals surface area contributed by atoms with Gasteiger partial charge >= 0.3 is 11.9 Å². The number of carboxylic acids is 1. The number of carbonyl (C=O) groups is 2. The van der Waals surface area contributed by atoms with Crippen molar-refractivity contribution in [2.75, 3.05) is 12.4 Å². The van der Waals surface area contributed by atoms with Gasteiger partial charge in [0, 0.05) is 12.5 Å². The van der Waals surface area contributed by atoms with Crippen LogP contribution in [0.3, 0.4) is 0 Å². The van der Waals surface area contributed by atoms with Crippen molar-refractivity contribution in [3.63, 3.8) is 0 Å². The van der Waals surface area contributed by atoms with Gasteiger partial charge in [-0.15, -0.1) is 11.8 Å². The normalized spacial score (nSPS) is 10.4. The summed E-state index contributed by atoms with van der Waals surface area (Å²) >= 11 is 1.40. The molecule has 0 bridgehead atoms. The molecule has 0 rings (SSSR count). The van der Waals surface area contributed by atoms with Crippen LogP contribution in [0.25, 0.3) is 0 Å². The number of carbonyl (C=O) groups excluding carboxylic acids is 1. The van der Waals surface area contributed by atoms with Crippen molar-refractivity contribution in [1.29, 1.82) is 0 Å². The second-order valence-corrected chi connectivity index (χ2v) is 3.44. The topological polar surface area (TPSA) is 63.6 Å². The van der Waals surface area contributed by atoms with Crippen LogP contribution >= 0.6 is 11.8 Å². The molecule has 80 valence electrons. The van der Waals surface area contributed by atoms with E-state index in [9.17, 15) is 9.59 Å². The summed E-state index contributed by atoms with van der Waals surface area (Å²) in [6, 6.07) is 0. The third-order valence-corrected chi connectivity index (χ3v) is 2.09. The maximum Gasteiger partial charge on any atom is 0.331 e. The Hall–Kier alpha value is -0.970. The fourth-order valence-electron chi connectivity index (χ4n) is 0.669. The molecule has 0 aromatic carbocycles. The van der Waals surface area contributed by atoms with E-state index in [1.165, 1.54) is 17.8 Å². The molecule has 0 amide bonds. The predicted molar refractivity (Wildman–Crippen MR) is 55.1 cm³/mol. The molecule has 14 heavy (non-hydrogen) atoms. The molecule has 0 aromatic rings. The monoisotopic (exact) mass is 218 g/mol. The van der Waals surface area contributed by atoms with Crippen molar-refractivity contribution < 1.29 is 19.4 Å². The van der Waals surface area contributed by atoms with Gasteiger partial charge in [-0.05, 0) is 24.5 Å². The maximum atomic E-state index is 10.8. The lowest BCUT2D eigenvalue weighted by Gasteiger charge is -1.95. The SMILES string of the molecule is CCOC(=O)/C=C/SCCCC(=O)O. The zero-order valence-electron chi connectivity index (χ0n) is 8.06. The minimum absolute atomic E-state index is 0.167. The van der Waals surface area contributed by atoms with Crippen molar-refractivity contribution >= 4 is 23.7 Å². The van der Waals surface area contributed by atoms with E-state index >= 15 is 0 Å². The van der Waals surface area contributed by atoms with Crippen LogP contribution in [0.5, 0.6) is 0 Å². The number of hydrogen-bond acceptors (Lipinski definition) is 4. The van der Waals surface area contributed by atoms with Crippen molar-refractivity contribution in [3.8, 4) is 0 Å². The summed E-state index contributed by atoms with van der Waals surface area (Å²) < 4.78 is 4.65. The number of esters is 1. The summed E-state index contributed by atoms with van der Waals surface area (Å²) in [4.78, 5) is 20.9. The number of thioether (sulfide) groups is 1. The van der Waals surface area contributed by atoms with E-state index < -0.39 is 5.97 Å². The fraction of sp³-hybridized carbons (Fsp3) is 0.556. The molecule has 5 heteroatoms. The van der Waals surface area contributed by atoms with Crippen LogP contribution in [0.4, 0.5) is 0 Å². The average Bonchev–Trinajstić information content (AvgIpc) is 2.11. The van der Waals surface area contributed by atoms with Crippen LogP contribution in [-0.4, -0.2) is 29.4 Å². The van der Waals surface area contributed by atoms with Gasteiger partial charge < -0.3 is 9.84 Å². The van der Waals surface area contributed by atoms with E-state index in [0.29, 0.717) is 18.8 Å². The minimum atomic E-state index is -0.792. The first-order chi connectivity index (χ1) is 6.66. The van der Waals surface area contributed by atoms with Gasteiger partial charge in [0.1, 0.15) is 0 Å². The van der Waals surface area contributed by atoms with E-state index in [0.717, 1.165) is 0 Å². The molecule has 0 saturated carbocycles. The van der Waals surface area contributed by atoms with Crippen LogP contribution in [0.2, 0.25) is 0 Å². The highest BCUT2D eigenvalue weighted by Gasteiger charge is 1.95. The van der Waals surface area contributed by atoms with Crippen LogP contribution in [0, 0.1) is 0 Å². The molecule has 4 nitrogen and oxygen atoms in total. The Morgan fingerprint density at radius 3 is 2.79 bits per heavy atom. The highest BCUT2D eigenvalue weighted by atomic mass is 32.2. The number of aliphatic carboxylic acids is 1. The van der Waals surface area contributed by atoms with Gasteiger partial charge in [0.25, 0.3) is 0 Å². The molecule has 0 aromatic heterocycles. The van der Waals surface area contributed by atoms with Gasteiger partial charge in [-0.2, -0.15) is 0 Å². The fourth-order valence-corrected chi connectivity index (χ4v) is 1.32. The molecule has 0 aliphatic rings. The lowest BCUT2D eigenvalue weighted by Crippen LogP contribution is -1.98. The van der Waals surface area contributed by atoms with Gasteiger partial charge in [-0.1, -0.05) is 0 Å². The summed E-state index contributed by atoms with van der Waals surface area (Å²) in [5.74, 6) is -0.458. The van der Waals surface area contributed by atoms with E-state index in [2.05, 4.69) is 4.74 Å². The molecule has 0 atom stereocenters. The van der Waals surface area contributed by atoms with E-state index in [1.54, 1.807) is 12.3 Å². The summed E-state index contributed by atoms with van der Waals surface area (Å²) in [5, 5.41) is 9.95. The number of ether oxygens (including phenoxy) is 1. The Morgan fingerprint density at radius 1 is 1.50 bits per heavy atom. The molecule has 0 radical (unpaired) electrons. The molecular formula is C9H14O4S. The first-order valence-corrected chi connectivity index (χ1v) is 5.38. The molecule has 0 spiro atoms. The molecule has 1 N–H and O–H groups in total. The van der Waals surface area contributed by atoms with Gasteiger partial charge in [0.05, 0.1) is 6.61 Å². The first-order valence-electron chi connectivity index (χ1n) is 4.33. The molecule has 0 heterocycles. The van der Waals surface area contributed by atoms with Crippen LogP contribution < -0.4 is 0 Å². The zero-order chi connectivity index (χ0) is 10.8. The Labute approximate surface area is 87.3 Å². The molecule has 0 saturated heterocycles. The Morgan fingerprint density at radius 2 is 2.21 bits per heavy atom. The largest absolute Gasteiger partial charge is 0.481 e. The van der Waals surface area contributed by atoms with Gasteiger partial charge in [-0.3, -0.25) is 4.79 Å². The zero-order valence-corrected chi connectivity index (χ0v) is 8.88. The van der Waals surface area contributed by atoms with Crippen molar-refractivity contribution in [1.82, 2.24) is 0 Å². The molecule has 0 fully saturated rings. The Balaban J connectivity index is 3.35. The quantitative estimate of drug-likeness (QED) is 0.400. The maximum absolute atomic E-state index is 10.8. The van der Waals surface area contributed by atoms with E-state index in [1.807, 2.05) is 0 Å². The molecule has 0 aliphatic heterocycles. The minimum Gasteiger partial charge on any atom is -0.481 e. The summed E-state index contributed by atoms with van der Waals surface area (Å²) in [7, 11) is 0.